The normalized spacial score (nSPS) is 17.0. The number of para-hydroxylation sites is 2. The Labute approximate surface area is 284 Å². The van der Waals surface area contributed by atoms with Crippen LogP contribution in [0.25, 0.3) is 60.6 Å². The molecule has 49 heavy (non-hydrogen) atoms. The number of benzene rings is 5. The van der Waals surface area contributed by atoms with Crippen LogP contribution in [0.15, 0.2) is 144 Å². The Morgan fingerprint density at radius 1 is 0.857 bits per heavy atom. The van der Waals surface area contributed by atoms with Gasteiger partial charge in [0.2, 0.25) is 0 Å². The summed E-state index contributed by atoms with van der Waals surface area (Å²) in [6, 6.07) is 36.6. The molecule has 3 heterocycles. The van der Waals surface area contributed by atoms with E-state index in [-0.39, 0.29) is 12.0 Å². The van der Waals surface area contributed by atoms with E-state index in [2.05, 4.69) is 132 Å². The fourth-order valence-corrected chi connectivity index (χ4v) is 7.85. The molecule has 0 saturated heterocycles. The van der Waals surface area contributed by atoms with Crippen LogP contribution in [0.4, 0.5) is 11.4 Å². The number of hydrogen-bond donors (Lipinski definition) is 0. The largest absolute Gasteiger partial charge is 0.454 e. The van der Waals surface area contributed by atoms with Crippen molar-refractivity contribution in [1.29, 1.82) is 5.26 Å². The highest BCUT2D eigenvalue weighted by atomic mass is 16.3. The van der Waals surface area contributed by atoms with Crippen molar-refractivity contribution in [2.45, 2.75) is 25.3 Å². The first-order valence-corrected chi connectivity index (χ1v) is 16.6. The molecule has 0 saturated carbocycles. The maximum Gasteiger partial charge on any atom is 0.160 e. The van der Waals surface area contributed by atoms with Gasteiger partial charge in [0.05, 0.1) is 28.7 Å². The van der Waals surface area contributed by atoms with E-state index >= 15 is 0 Å². The highest BCUT2D eigenvalue weighted by Gasteiger charge is 2.38. The van der Waals surface area contributed by atoms with Crippen molar-refractivity contribution in [1.82, 2.24) is 4.57 Å². The van der Waals surface area contributed by atoms with Crippen LogP contribution in [0.5, 0.6) is 0 Å². The van der Waals surface area contributed by atoms with Gasteiger partial charge >= 0.3 is 0 Å². The van der Waals surface area contributed by atoms with Crippen LogP contribution in [0, 0.1) is 23.7 Å². The van der Waals surface area contributed by atoms with Crippen LogP contribution in [0.1, 0.15) is 30.4 Å². The standard InChI is InChI=1S/C45H31N3O/c1-3-4-5-6-13-29(2)47-42-25-21-31(27-38(42)35-22-23-36-34-16-9-12-19-43(34)49-45(36)44(35)47)37-26-30(28-46)20-24-41(37)48-39-17-10-7-14-32(39)33-15-8-11-18-40(33)48/h1,5-27,32,39H,4H2,2H3/b6-5-,29-13+. The van der Waals surface area contributed by atoms with E-state index in [9.17, 15) is 5.26 Å². The van der Waals surface area contributed by atoms with Gasteiger partial charge in [-0.2, -0.15) is 5.26 Å². The monoisotopic (exact) mass is 629 g/mol. The van der Waals surface area contributed by atoms with E-state index in [1.807, 2.05) is 36.4 Å². The SMILES string of the molecule is C#CC/C=C\C=C(/C)n1c2ccc(-c3cc(C#N)ccc3N3c4ccccc4C4C=CC=CC43)cc2c2ccc3c4ccccc4oc3c21. The van der Waals surface area contributed by atoms with Gasteiger partial charge in [-0.3, -0.25) is 0 Å². The van der Waals surface area contributed by atoms with E-state index in [1.165, 1.54) is 11.3 Å². The first-order chi connectivity index (χ1) is 24.2. The van der Waals surface area contributed by atoms with Gasteiger partial charge in [-0.25, -0.2) is 0 Å². The highest BCUT2D eigenvalue weighted by molar-refractivity contribution is 6.22. The first kappa shape index (κ1) is 28.7. The average molecular weight is 630 g/mol. The molecule has 0 bridgehead atoms. The predicted molar refractivity (Wildman–Crippen MR) is 203 cm³/mol. The molecule has 4 nitrogen and oxygen atoms in total. The second kappa shape index (κ2) is 11.3. The molecule has 2 atom stereocenters. The molecule has 0 amide bonds. The third-order valence-electron chi connectivity index (χ3n) is 9.99. The zero-order valence-corrected chi connectivity index (χ0v) is 27.0. The molecule has 0 fully saturated rings. The Kier molecular flexibility index (Phi) is 6.64. The Bertz CT molecular complexity index is 2700. The van der Waals surface area contributed by atoms with E-state index < -0.39 is 0 Å². The summed E-state index contributed by atoms with van der Waals surface area (Å²) in [6.07, 6.45) is 21.1. The van der Waals surface area contributed by atoms with Gasteiger partial charge in [0.15, 0.2) is 5.58 Å². The molecule has 1 aliphatic heterocycles. The van der Waals surface area contributed by atoms with Crippen LogP contribution in [0.2, 0.25) is 0 Å². The van der Waals surface area contributed by atoms with Gasteiger partial charge in [0.1, 0.15) is 5.58 Å². The smallest absolute Gasteiger partial charge is 0.160 e. The third kappa shape index (κ3) is 4.39. The van der Waals surface area contributed by atoms with E-state index in [0.717, 1.165) is 66.3 Å². The summed E-state index contributed by atoms with van der Waals surface area (Å²) in [4.78, 5) is 2.44. The summed E-state index contributed by atoms with van der Waals surface area (Å²) in [7, 11) is 0. The van der Waals surface area contributed by atoms with Gasteiger partial charge in [-0.1, -0.05) is 85.0 Å². The molecule has 0 N–H and O–H groups in total. The minimum atomic E-state index is 0.149. The highest BCUT2D eigenvalue weighted by Crippen LogP contribution is 2.50. The zero-order chi connectivity index (χ0) is 33.1. The molecular weight excluding hydrogens is 599 g/mol. The average Bonchev–Trinajstić information content (AvgIpc) is 3.81. The quantitative estimate of drug-likeness (QED) is 0.141. The molecule has 2 unspecified atom stereocenters. The molecule has 1 aliphatic carbocycles. The van der Waals surface area contributed by atoms with Crippen LogP contribution in [-0.2, 0) is 0 Å². The van der Waals surface area contributed by atoms with Gasteiger partial charge < -0.3 is 13.9 Å². The zero-order valence-electron chi connectivity index (χ0n) is 27.0. The molecule has 232 valence electrons. The van der Waals surface area contributed by atoms with Gasteiger partial charge in [-0.15, -0.1) is 12.3 Å². The summed E-state index contributed by atoms with van der Waals surface area (Å²) >= 11 is 0. The van der Waals surface area contributed by atoms with Gasteiger partial charge in [0.25, 0.3) is 0 Å². The molecule has 5 aromatic carbocycles. The number of terminal acetylenes is 1. The Balaban J connectivity index is 1.30. The summed E-state index contributed by atoms with van der Waals surface area (Å²) < 4.78 is 8.90. The second-order valence-corrected chi connectivity index (χ2v) is 12.7. The number of hydrogen-bond acceptors (Lipinski definition) is 3. The van der Waals surface area contributed by atoms with Gasteiger partial charge in [0, 0.05) is 56.5 Å². The minimum absolute atomic E-state index is 0.149. The number of anilines is 2. The first-order valence-electron chi connectivity index (χ1n) is 16.6. The van der Waals surface area contributed by atoms with E-state index in [4.69, 9.17) is 10.8 Å². The molecule has 0 spiro atoms. The second-order valence-electron chi connectivity index (χ2n) is 12.7. The number of fused-ring (bicyclic) bond motifs is 10. The summed E-state index contributed by atoms with van der Waals surface area (Å²) in [5.41, 5.74) is 11.2. The Morgan fingerprint density at radius 2 is 1.69 bits per heavy atom. The van der Waals surface area contributed by atoms with Gasteiger partial charge in [-0.05, 0) is 72.7 Å². The summed E-state index contributed by atoms with van der Waals surface area (Å²) in [5, 5.41) is 14.4. The lowest BCUT2D eigenvalue weighted by molar-refractivity contribution is 0.671. The molecular formula is C45H31N3O. The number of furan rings is 1. The Morgan fingerprint density at radius 3 is 2.59 bits per heavy atom. The van der Waals surface area contributed by atoms with Crippen molar-refractivity contribution in [2.75, 3.05) is 4.90 Å². The number of nitrogens with zero attached hydrogens (tertiary/aromatic N) is 3. The molecule has 2 aliphatic rings. The molecule has 9 rings (SSSR count). The summed E-state index contributed by atoms with van der Waals surface area (Å²) in [6.45, 7) is 2.12. The van der Waals surface area contributed by atoms with Crippen LogP contribution < -0.4 is 4.90 Å². The Hall–Kier alpha value is -6.49. The van der Waals surface area contributed by atoms with Crippen LogP contribution >= 0.6 is 0 Å². The van der Waals surface area contributed by atoms with Crippen LogP contribution in [0.3, 0.4) is 0 Å². The van der Waals surface area contributed by atoms with Crippen molar-refractivity contribution in [2.24, 2.45) is 0 Å². The van der Waals surface area contributed by atoms with Crippen LogP contribution in [-0.4, -0.2) is 10.6 Å². The lowest BCUT2D eigenvalue weighted by Crippen LogP contribution is -2.29. The van der Waals surface area contributed by atoms with Crippen molar-refractivity contribution in [3.63, 3.8) is 0 Å². The molecule has 7 aromatic rings. The van der Waals surface area contributed by atoms with Crippen molar-refractivity contribution < 1.29 is 4.42 Å². The lowest BCUT2D eigenvalue weighted by Gasteiger charge is -2.30. The summed E-state index contributed by atoms with van der Waals surface area (Å²) in [5.74, 6) is 2.95. The number of rotatable bonds is 5. The maximum atomic E-state index is 10.0. The fraction of sp³-hybridized carbons (Fsp3) is 0.0889. The third-order valence-corrected chi connectivity index (χ3v) is 9.99. The minimum Gasteiger partial charge on any atom is -0.454 e. The van der Waals surface area contributed by atoms with E-state index in [0.29, 0.717) is 12.0 Å². The number of allylic oxidation sites excluding steroid dienone is 6. The van der Waals surface area contributed by atoms with E-state index in [1.54, 1.807) is 0 Å². The fourth-order valence-electron chi connectivity index (χ4n) is 7.85. The van der Waals surface area contributed by atoms with Crippen molar-refractivity contribution in [3.8, 4) is 29.5 Å². The maximum absolute atomic E-state index is 10.0. The molecule has 0 radical (unpaired) electrons. The topological polar surface area (TPSA) is 45.1 Å². The van der Waals surface area contributed by atoms with Crippen molar-refractivity contribution in [3.05, 3.63) is 151 Å². The molecule has 4 heteroatoms. The van der Waals surface area contributed by atoms with Crippen molar-refractivity contribution >= 4 is 60.8 Å². The lowest BCUT2D eigenvalue weighted by atomic mass is 9.91. The predicted octanol–water partition coefficient (Wildman–Crippen LogP) is 11.4. The number of aromatic nitrogens is 1. The molecule has 2 aromatic heterocycles. The number of nitriles is 1.